The van der Waals surface area contributed by atoms with E-state index in [1.165, 1.54) is 0 Å². The van der Waals surface area contributed by atoms with Gasteiger partial charge in [-0.05, 0) is 50.8 Å². The van der Waals surface area contributed by atoms with Crippen molar-refractivity contribution < 1.29 is 9.53 Å². The summed E-state index contributed by atoms with van der Waals surface area (Å²) < 4.78 is 6.42. The zero-order valence-corrected chi connectivity index (χ0v) is 15.1. The second kappa shape index (κ2) is 8.44. The smallest absolute Gasteiger partial charge is 0.258 e. The van der Waals surface area contributed by atoms with Crippen LogP contribution >= 0.6 is 15.9 Å². The van der Waals surface area contributed by atoms with Gasteiger partial charge in [0.25, 0.3) is 5.91 Å². The van der Waals surface area contributed by atoms with Crippen molar-refractivity contribution in [2.75, 3.05) is 6.61 Å². The van der Waals surface area contributed by atoms with Gasteiger partial charge in [-0.3, -0.25) is 9.78 Å². The van der Waals surface area contributed by atoms with E-state index in [4.69, 9.17) is 4.74 Å². The summed E-state index contributed by atoms with van der Waals surface area (Å²) in [6.45, 7) is 0.397. The van der Waals surface area contributed by atoms with Gasteiger partial charge in [0, 0.05) is 18.9 Å². The Balaban J connectivity index is 1.55. The maximum absolute atomic E-state index is 11.9. The molecule has 5 heteroatoms. The Bertz CT molecular complexity index is 839. The number of hydrogen-bond acceptors (Lipinski definition) is 3. The fourth-order valence-electron chi connectivity index (χ4n) is 2.33. The molecule has 1 heterocycles. The Kier molecular flexibility index (Phi) is 5.80. The van der Waals surface area contributed by atoms with Crippen LogP contribution < -0.4 is 10.1 Å². The zero-order chi connectivity index (χ0) is 17.5. The quantitative estimate of drug-likeness (QED) is 0.678. The molecule has 0 radical (unpaired) electrons. The topological polar surface area (TPSA) is 51.2 Å². The number of rotatable bonds is 6. The molecular weight excluding hydrogens is 380 g/mol. The number of hydrogen-bond donors (Lipinski definition) is 1. The minimum atomic E-state index is -0.178. The van der Waals surface area contributed by atoms with Crippen LogP contribution in [0.25, 0.3) is 11.1 Å². The average molecular weight is 397 g/mol. The highest BCUT2D eigenvalue weighted by Crippen LogP contribution is 2.30. The molecule has 1 N–H and O–H groups in total. The van der Waals surface area contributed by atoms with Gasteiger partial charge in [-0.1, -0.05) is 42.5 Å². The van der Waals surface area contributed by atoms with Gasteiger partial charge < -0.3 is 10.1 Å². The molecule has 1 aromatic heterocycles. The summed E-state index contributed by atoms with van der Waals surface area (Å²) in [6.07, 6.45) is 3.42. The summed E-state index contributed by atoms with van der Waals surface area (Å²) in [6, 6.07) is 19.7. The van der Waals surface area contributed by atoms with Crippen LogP contribution in [-0.2, 0) is 11.3 Å². The molecule has 0 atom stereocenters. The van der Waals surface area contributed by atoms with Crippen LogP contribution in [0.4, 0.5) is 0 Å². The summed E-state index contributed by atoms with van der Waals surface area (Å²) in [5, 5.41) is 2.81. The Hall–Kier alpha value is -2.66. The Morgan fingerprint density at radius 2 is 1.88 bits per heavy atom. The Labute approximate surface area is 155 Å². The lowest BCUT2D eigenvalue weighted by atomic mass is 10.1. The van der Waals surface area contributed by atoms with Crippen LogP contribution in [0.5, 0.6) is 5.75 Å². The van der Waals surface area contributed by atoms with E-state index < -0.39 is 0 Å². The first-order valence-corrected chi connectivity index (χ1v) is 8.65. The molecule has 0 saturated carbocycles. The van der Waals surface area contributed by atoms with E-state index in [9.17, 15) is 4.79 Å². The van der Waals surface area contributed by atoms with Gasteiger partial charge >= 0.3 is 0 Å². The monoisotopic (exact) mass is 396 g/mol. The van der Waals surface area contributed by atoms with E-state index in [0.717, 1.165) is 21.2 Å². The van der Waals surface area contributed by atoms with Crippen LogP contribution in [0.2, 0.25) is 0 Å². The standard InChI is InChI=1S/C20H17BrN2O2/c21-18-11-17(16-6-2-1-3-7-16)8-9-19(18)25-14-20(24)23-13-15-5-4-10-22-12-15/h1-12H,13-14H2,(H,23,24). The number of benzene rings is 2. The minimum absolute atomic E-state index is 0.0381. The van der Waals surface area contributed by atoms with Crippen LogP contribution in [0, 0.1) is 0 Å². The largest absolute Gasteiger partial charge is 0.483 e. The van der Waals surface area contributed by atoms with E-state index in [0.29, 0.717) is 12.3 Å². The summed E-state index contributed by atoms with van der Waals surface area (Å²) in [7, 11) is 0. The number of ether oxygens (including phenoxy) is 1. The predicted octanol–water partition coefficient (Wildman–Crippen LogP) is 4.21. The van der Waals surface area contributed by atoms with Crippen LogP contribution in [0.3, 0.4) is 0 Å². The van der Waals surface area contributed by atoms with E-state index in [1.807, 2.05) is 60.7 Å². The normalized spacial score (nSPS) is 10.3. The third kappa shape index (κ3) is 4.90. The second-order valence-corrected chi connectivity index (χ2v) is 6.29. The van der Waals surface area contributed by atoms with Gasteiger partial charge in [-0.15, -0.1) is 0 Å². The zero-order valence-electron chi connectivity index (χ0n) is 13.5. The molecule has 126 valence electrons. The molecular formula is C20H17BrN2O2. The number of halogens is 1. The fourth-order valence-corrected chi connectivity index (χ4v) is 2.82. The summed E-state index contributed by atoms with van der Waals surface area (Å²) in [5.74, 6) is 0.457. The minimum Gasteiger partial charge on any atom is -0.483 e. The molecule has 0 aliphatic carbocycles. The van der Waals surface area contributed by atoms with Gasteiger partial charge in [0.15, 0.2) is 6.61 Å². The van der Waals surface area contributed by atoms with E-state index in [1.54, 1.807) is 12.4 Å². The second-order valence-electron chi connectivity index (χ2n) is 5.44. The molecule has 0 saturated heterocycles. The molecule has 4 nitrogen and oxygen atoms in total. The highest BCUT2D eigenvalue weighted by molar-refractivity contribution is 9.10. The van der Waals surface area contributed by atoms with Crippen molar-refractivity contribution in [2.45, 2.75) is 6.54 Å². The van der Waals surface area contributed by atoms with Gasteiger partial charge in [0.1, 0.15) is 5.75 Å². The number of nitrogens with zero attached hydrogens (tertiary/aromatic N) is 1. The maximum Gasteiger partial charge on any atom is 0.258 e. The number of carbonyl (C=O) groups excluding carboxylic acids is 1. The Morgan fingerprint density at radius 3 is 2.60 bits per heavy atom. The molecule has 0 aliphatic heterocycles. The van der Waals surface area contributed by atoms with Crippen molar-refractivity contribution in [3.63, 3.8) is 0 Å². The van der Waals surface area contributed by atoms with E-state index >= 15 is 0 Å². The van der Waals surface area contributed by atoms with Crippen molar-refractivity contribution >= 4 is 21.8 Å². The lowest BCUT2D eigenvalue weighted by Crippen LogP contribution is -2.28. The van der Waals surface area contributed by atoms with Gasteiger partial charge in [-0.25, -0.2) is 0 Å². The summed E-state index contributed by atoms with van der Waals surface area (Å²) in [4.78, 5) is 15.9. The average Bonchev–Trinajstić information content (AvgIpc) is 2.67. The van der Waals surface area contributed by atoms with Crippen LogP contribution in [-0.4, -0.2) is 17.5 Å². The van der Waals surface area contributed by atoms with E-state index in [-0.39, 0.29) is 12.5 Å². The molecule has 0 bridgehead atoms. The maximum atomic E-state index is 11.9. The summed E-state index contributed by atoms with van der Waals surface area (Å²) >= 11 is 3.51. The number of carbonyl (C=O) groups is 1. The first kappa shape index (κ1) is 17.2. The lowest BCUT2D eigenvalue weighted by Gasteiger charge is -2.10. The number of aromatic nitrogens is 1. The van der Waals surface area contributed by atoms with Crippen LogP contribution in [0.1, 0.15) is 5.56 Å². The van der Waals surface area contributed by atoms with Crippen molar-refractivity contribution in [3.05, 3.63) is 83.1 Å². The van der Waals surface area contributed by atoms with Crippen molar-refractivity contribution in [3.8, 4) is 16.9 Å². The molecule has 0 fully saturated rings. The molecule has 0 aliphatic rings. The predicted molar refractivity (Wildman–Crippen MR) is 101 cm³/mol. The third-order valence-corrected chi connectivity index (χ3v) is 4.23. The molecule has 1 amide bonds. The van der Waals surface area contributed by atoms with Crippen LogP contribution in [0.15, 0.2) is 77.5 Å². The van der Waals surface area contributed by atoms with E-state index in [2.05, 4.69) is 26.2 Å². The van der Waals surface area contributed by atoms with Gasteiger partial charge in [0.05, 0.1) is 4.47 Å². The third-order valence-electron chi connectivity index (χ3n) is 3.61. The van der Waals surface area contributed by atoms with Gasteiger partial charge in [-0.2, -0.15) is 0 Å². The highest BCUT2D eigenvalue weighted by Gasteiger charge is 2.07. The molecule has 0 spiro atoms. The van der Waals surface area contributed by atoms with Gasteiger partial charge in [0.2, 0.25) is 0 Å². The Morgan fingerprint density at radius 1 is 1.04 bits per heavy atom. The highest BCUT2D eigenvalue weighted by atomic mass is 79.9. The number of nitrogens with one attached hydrogen (secondary N) is 1. The SMILES string of the molecule is O=C(COc1ccc(-c2ccccc2)cc1Br)NCc1cccnc1. The first-order valence-electron chi connectivity index (χ1n) is 7.86. The lowest BCUT2D eigenvalue weighted by molar-refractivity contribution is -0.123. The van der Waals surface area contributed by atoms with Crippen molar-refractivity contribution in [1.82, 2.24) is 10.3 Å². The number of pyridine rings is 1. The molecule has 2 aromatic carbocycles. The molecule has 3 aromatic rings. The molecule has 3 rings (SSSR count). The van der Waals surface area contributed by atoms with Crippen molar-refractivity contribution in [2.24, 2.45) is 0 Å². The van der Waals surface area contributed by atoms with Crippen molar-refractivity contribution in [1.29, 1.82) is 0 Å². The summed E-state index contributed by atoms with van der Waals surface area (Å²) in [5.41, 5.74) is 3.16. The number of amides is 1. The molecule has 25 heavy (non-hydrogen) atoms. The first-order chi connectivity index (χ1) is 12.2. The molecule has 0 unspecified atom stereocenters. The fraction of sp³-hybridized carbons (Fsp3) is 0.100.